The smallest absolute Gasteiger partial charge is 0.244 e. The van der Waals surface area contributed by atoms with Gasteiger partial charge in [-0.1, -0.05) is 6.92 Å². The van der Waals surface area contributed by atoms with Crippen LogP contribution in [0.4, 0.5) is 5.82 Å². The van der Waals surface area contributed by atoms with Crippen LogP contribution in [0, 0.1) is 0 Å². The number of carbonyl (C=O) groups excluding carboxylic acids is 1. The fraction of sp³-hybridized carbons (Fsp3) is 0.462. The van der Waals surface area contributed by atoms with Crippen molar-refractivity contribution in [3.8, 4) is 0 Å². The minimum atomic E-state index is -0.371. The van der Waals surface area contributed by atoms with Crippen LogP contribution in [0.25, 0.3) is 10.2 Å². The number of rotatable bonds is 4. The minimum absolute atomic E-state index is 0.0150. The normalized spacial score (nSPS) is 12.4. The maximum Gasteiger partial charge on any atom is 0.244 e. The molecule has 2 heterocycles. The summed E-state index contributed by atoms with van der Waals surface area (Å²) in [5.41, 5.74) is 0. The highest BCUT2D eigenvalue weighted by atomic mass is 35.5. The third-order valence-corrected chi connectivity index (χ3v) is 4.27. The molecule has 0 bridgehead atoms. The van der Waals surface area contributed by atoms with Gasteiger partial charge < -0.3 is 10.2 Å². The van der Waals surface area contributed by atoms with Crippen molar-refractivity contribution in [3.05, 3.63) is 16.2 Å². The Hall–Kier alpha value is -1.40. The van der Waals surface area contributed by atoms with Gasteiger partial charge in [0.2, 0.25) is 11.2 Å². The van der Waals surface area contributed by atoms with Gasteiger partial charge in [0.1, 0.15) is 16.7 Å². The van der Waals surface area contributed by atoms with Crippen molar-refractivity contribution in [2.24, 2.45) is 0 Å². The molecule has 0 spiro atoms. The van der Waals surface area contributed by atoms with Crippen LogP contribution < -0.4 is 5.32 Å². The molecule has 0 radical (unpaired) electrons. The number of nitrogens with one attached hydrogen (secondary N) is 1. The topological polar surface area (TPSA) is 58.1 Å². The number of aryl methyl sites for hydroxylation is 1. The molecule has 2 aromatic rings. The van der Waals surface area contributed by atoms with Gasteiger partial charge in [-0.3, -0.25) is 4.79 Å². The number of anilines is 1. The summed E-state index contributed by atoms with van der Waals surface area (Å²) in [7, 11) is 3.45. The van der Waals surface area contributed by atoms with Crippen molar-refractivity contribution in [2.45, 2.75) is 26.3 Å². The van der Waals surface area contributed by atoms with Crippen molar-refractivity contribution >= 4 is 44.9 Å². The lowest BCUT2D eigenvalue weighted by atomic mass is 10.2. The van der Waals surface area contributed by atoms with E-state index >= 15 is 0 Å². The first-order chi connectivity index (χ1) is 9.42. The molecule has 7 heteroatoms. The molecule has 108 valence electrons. The van der Waals surface area contributed by atoms with E-state index in [0.717, 1.165) is 16.6 Å². The predicted octanol–water partition coefficient (Wildman–Crippen LogP) is 2.80. The van der Waals surface area contributed by atoms with E-state index in [-0.39, 0.29) is 17.2 Å². The van der Waals surface area contributed by atoms with E-state index < -0.39 is 0 Å². The number of hydrogen-bond acceptors (Lipinski definition) is 5. The van der Waals surface area contributed by atoms with Gasteiger partial charge in [-0.25, -0.2) is 9.97 Å². The van der Waals surface area contributed by atoms with Crippen LogP contribution in [0.1, 0.15) is 18.7 Å². The molecule has 5 nitrogen and oxygen atoms in total. The van der Waals surface area contributed by atoms with E-state index in [1.165, 1.54) is 4.88 Å². The molecule has 1 atom stereocenters. The maximum absolute atomic E-state index is 11.9. The number of hydrogen-bond donors (Lipinski definition) is 1. The fourth-order valence-corrected chi connectivity index (χ4v) is 3.07. The third kappa shape index (κ3) is 3.02. The van der Waals surface area contributed by atoms with E-state index in [1.54, 1.807) is 37.3 Å². The highest BCUT2D eigenvalue weighted by Gasteiger charge is 2.18. The first-order valence-corrected chi connectivity index (χ1v) is 7.55. The van der Waals surface area contributed by atoms with Gasteiger partial charge in [-0.05, 0) is 31.0 Å². The highest BCUT2D eigenvalue weighted by Crippen LogP contribution is 2.30. The second-order valence-corrected chi connectivity index (χ2v) is 6.18. The molecule has 0 saturated carbocycles. The molecule has 20 heavy (non-hydrogen) atoms. The number of thiophene rings is 1. The summed E-state index contributed by atoms with van der Waals surface area (Å²) in [6.45, 7) is 3.89. The highest BCUT2D eigenvalue weighted by molar-refractivity contribution is 7.18. The number of nitrogens with zero attached hydrogens (tertiary/aromatic N) is 3. The average molecular weight is 313 g/mol. The minimum Gasteiger partial charge on any atom is -0.358 e. The number of carbonyl (C=O) groups is 1. The van der Waals surface area contributed by atoms with Crippen molar-refractivity contribution < 1.29 is 4.79 Å². The van der Waals surface area contributed by atoms with Crippen molar-refractivity contribution in [1.82, 2.24) is 14.9 Å². The van der Waals surface area contributed by atoms with Gasteiger partial charge in [0, 0.05) is 19.0 Å². The summed E-state index contributed by atoms with van der Waals surface area (Å²) < 4.78 is 0. The quantitative estimate of drug-likeness (QED) is 0.882. The largest absolute Gasteiger partial charge is 0.358 e. The van der Waals surface area contributed by atoms with Crippen LogP contribution in [-0.4, -0.2) is 40.9 Å². The van der Waals surface area contributed by atoms with Crippen molar-refractivity contribution in [2.75, 3.05) is 19.4 Å². The lowest BCUT2D eigenvalue weighted by Crippen LogP contribution is -2.36. The maximum atomic E-state index is 11.9. The van der Waals surface area contributed by atoms with Crippen LogP contribution in [0.2, 0.25) is 5.28 Å². The summed E-state index contributed by atoms with van der Waals surface area (Å²) in [5, 5.41) is 4.22. The van der Waals surface area contributed by atoms with Crippen LogP contribution in [0.5, 0.6) is 0 Å². The Morgan fingerprint density at radius 2 is 2.20 bits per heavy atom. The van der Waals surface area contributed by atoms with Crippen molar-refractivity contribution in [3.63, 3.8) is 0 Å². The van der Waals surface area contributed by atoms with Crippen LogP contribution in [0.3, 0.4) is 0 Å². The molecule has 0 fully saturated rings. The lowest BCUT2D eigenvalue weighted by molar-refractivity contribution is -0.129. The van der Waals surface area contributed by atoms with E-state index in [0.29, 0.717) is 5.82 Å². The van der Waals surface area contributed by atoms with Gasteiger partial charge in [0.15, 0.2) is 0 Å². The Bertz CT molecular complexity index is 641. The first kappa shape index (κ1) is 15.0. The molecule has 0 aliphatic carbocycles. The summed E-state index contributed by atoms with van der Waals surface area (Å²) in [4.78, 5) is 24.0. The van der Waals surface area contributed by atoms with E-state index in [4.69, 9.17) is 11.6 Å². The second-order valence-electron chi connectivity index (χ2n) is 4.73. The molecule has 1 N–H and O–H groups in total. The van der Waals surface area contributed by atoms with Gasteiger partial charge >= 0.3 is 0 Å². The first-order valence-electron chi connectivity index (χ1n) is 6.36. The number of likely N-dealkylation sites (N-methyl/N-ethyl adjacent to an activating group) is 1. The molecule has 0 aliphatic heterocycles. The standard InChI is InChI=1S/C13H17ClN4OS/c1-5-8-6-9-10(15-7(2)12(19)18(3)4)16-13(14)17-11(9)20-8/h6-7H,5H2,1-4H3,(H,15,16,17). The van der Waals surface area contributed by atoms with Gasteiger partial charge in [-0.15, -0.1) is 11.3 Å². The summed E-state index contributed by atoms with van der Waals surface area (Å²) in [6.07, 6.45) is 0.935. The number of halogens is 1. The monoisotopic (exact) mass is 312 g/mol. The molecular formula is C13H17ClN4OS. The molecule has 2 aromatic heterocycles. The van der Waals surface area contributed by atoms with Crippen LogP contribution in [0.15, 0.2) is 6.07 Å². The average Bonchev–Trinajstić information content (AvgIpc) is 2.80. The Balaban J connectivity index is 2.38. The van der Waals surface area contributed by atoms with Gasteiger partial charge in [-0.2, -0.15) is 0 Å². The number of fused-ring (bicyclic) bond motifs is 1. The lowest BCUT2D eigenvalue weighted by Gasteiger charge is -2.18. The summed E-state index contributed by atoms with van der Waals surface area (Å²) >= 11 is 7.55. The predicted molar refractivity (Wildman–Crippen MR) is 83.6 cm³/mol. The second kappa shape index (κ2) is 5.93. The molecule has 1 unspecified atom stereocenters. The zero-order chi connectivity index (χ0) is 14.9. The Labute approximate surface area is 127 Å². The summed E-state index contributed by atoms with van der Waals surface area (Å²) in [5.74, 6) is 0.595. The zero-order valence-corrected chi connectivity index (χ0v) is 13.5. The molecule has 2 rings (SSSR count). The molecule has 0 aromatic carbocycles. The molecule has 0 aliphatic rings. The fourth-order valence-electron chi connectivity index (χ4n) is 1.88. The Kier molecular flexibility index (Phi) is 4.45. The van der Waals surface area contributed by atoms with Gasteiger partial charge in [0.25, 0.3) is 0 Å². The number of amides is 1. The number of aromatic nitrogens is 2. The third-order valence-electron chi connectivity index (χ3n) is 2.93. The zero-order valence-electron chi connectivity index (χ0n) is 11.9. The van der Waals surface area contributed by atoms with E-state index in [1.807, 2.05) is 6.07 Å². The van der Waals surface area contributed by atoms with Crippen LogP contribution in [-0.2, 0) is 11.2 Å². The van der Waals surface area contributed by atoms with Crippen LogP contribution >= 0.6 is 22.9 Å². The summed E-state index contributed by atoms with van der Waals surface area (Å²) in [6, 6.07) is 1.68. The van der Waals surface area contributed by atoms with Crippen molar-refractivity contribution in [1.29, 1.82) is 0 Å². The van der Waals surface area contributed by atoms with E-state index in [2.05, 4.69) is 22.2 Å². The van der Waals surface area contributed by atoms with E-state index in [9.17, 15) is 4.79 Å². The van der Waals surface area contributed by atoms with Gasteiger partial charge in [0.05, 0.1) is 5.39 Å². The Morgan fingerprint density at radius 1 is 1.50 bits per heavy atom. The SMILES string of the molecule is CCc1cc2c(NC(C)C(=O)N(C)C)nc(Cl)nc2s1. The molecular weight excluding hydrogens is 296 g/mol. The Morgan fingerprint density at radius 3 is 2.80 bits per heavy atom. The molecule has 0 saturated heterocycles. The molecule has 1 amide bonds.